The Morgan fingerprint density at radius 2 is 1.52 bits per heavy atom. The van der Waals surface area contributed by atoms with Gasteiger partial charge in [0.05, 0.1) is 24.0 Å². The lowest BCUT2D eigenvalue weighted by Crippen LogP contribution is -2.21. The molecule has 3 N–H and O–H groups in total. The van der Waals surface area contributed by atoms with Crippen LogP contribution in [0, 0.1) is 13.8 Å². The van der Waals surface area contributed by atoms with Crippen LogP contribution in [0.4, 0.5) is 22.2 Å². The Labute approximate surface area is 296 Å². The van der Waals surface area contributed by atoms with Crippen LogP contribution in [0.15, 0.2) is 115 Å². The van der Waals surface area contributed by atoms with Crippen LogP contribution in [0.3, 0.4) is 0 Å². The summed E-state index contributed by atoms with van der Waals surface area (Å²) in [5.74, 6) is 2.01. The Kier molecular flexibility index (Phi) is 13.9. The van der Waals surface area contributed by atoms with Gasteiger partial charge in [0, 0.05) is 30.1 Å². The Balaban J connectivity index is 0.00000276. The lowest BCUT2D eigenvalue weighted by atomic mass is 10.1. The quantitative estimate of drug-likeness (QED) is 0.129. The number of nitrogens with zero attached hydrogens (tertiary/aromatic N) is 4. The van der Waals surface area contributed by atoms with Crippen LogP contribution in [-0.4, -0.2) is 32.4 Å². The van der Waals surface area contributed by atoms with Crippen molar-refractivity contribution in [2.45, 2.75) is 66.8 Å². The zero-order valence-electron chi connectivity index (χ0n) is 30.1. The van der Waals surface area contributed by atoms with Gasteiger partial charge in [0.15, 0.2) is 0 Å². The van der Waals surface area contributed by atoms with E-state index < -0.39 is 0 Å². The summed E-state index contributed by atoms with van der Waals surface area (Å²) in [7, 11) is 0. The summed E-state index contributed by atoms with van der Waals surface area (Å²) >= 11 is 0. The Bertz CT molecular complexity index is 1870. The third-order valence-electron chi connectivity index (χ3n) is 7.74. The molecule has 3 aromatic carbocycles. The highest BCUT2D eigenvalue weighted by Gasteiger charge is 2.15. The number of rotatable bonds is 11. The highest BCUT2D eigenvalue weighted by Crippen LogP contribution is 2.23. The fourth-order valence-corrected chi connectivity index (χ4v) is 4.91. The lowest BCUT2D eigenvalue weighted by molar-refractivity contribution is 0.262. The fraction of sp³-hybridized carbons (Fsp3) is 0.268. The normalized spacial score (nSPS) is 11.0. The molecule has 0 aliphatic heterocycles. The third-order valence-corrected chi connectivity index (χ3v) is 7.74. The predicted octanol–water partition coefficient (Wildman–Crippen LogP) is 9.99. The number of hydrogen-bond donors (Lipinski definition) is 3. The summed E-state index contributed by atoms with van der Waals surface area (Å²) < 4.78 is 7.91. The molecule has 0 aliphatic carbocycles. The van der Waals surface area contributed by atoms with Crippen LogP contribution in [0.5, 0.6) is 5.75 Å². The highest BCUT2D eigenvalue weighted by atomic mass is 16.5. The van der Waals surface area contributed by atoms with Gasteiger partial charge in [-0.15, -0.1) is 0 Å². The van der Waals surface area contributed by atoms with Crippen LogP contribution < -0.4 is 20.7 Å². The smallest absolute Gasteiger partial charge is 0.324 e. The molecular formula is C41H49N7O2. The van der Waals surface area contributed by atoms with E-state index in [1.807, 2.05) is 125 Å². The second kappa shape index (κ2) is 18.7. The maximum atomic E-state index is 13.3. The fourth-order valence-electron chi connectivity index (χ4n) is 4.91. The van der Waals surface area contributed by atoms with Gasteiger partial charge in [0.1, 0.15) is 11.6 Å². The first-order valence-electron chi connectivity index (χ1n) is 17.2. The van der Waals surface area contributed by atoms with Crippen LogP contribution in [-0.2, 0) is 6.42 Å². The summed E-state index contributed by atoms with van der Waals surface area (Å²) in [6.45, 7) is 14.6. The third kappa shape index (κ3) is 10.9. The van der Waals surface area contributed by atoms with Gasteiger partial charge in [-0.25, -0.2) is 19.4 Å². The summed E-state index contributed by atoms with van der Waals surface area (Å²) in [6, 6.07) is 35.0. The van der Waals surface area contributed by atoms with Crippen molar-refractivity contribution in [3.63, 3.8) is 0 Å². The van der Waals surface area contributed by atoms with Crippen molar-refractivity contribution >= 4 is 23.5 Å². The molecule has 5 aromatic rings. The van der Waals surface area contributed by atoms with Gasteiger partial charge in [-0.2, -0.15) is 5.10 Å². The molecule has 50 heavy (non-hydrogen) atoms. The molecule has 1 atom stereocenters. The number of ether oxygens (including phenoxy) is 1. The van der Waals surface area contributed by atoms with Crippen LogP contribution >= 0.6 is 0 Å². The largest absolute Gasteiger partial charge is 0.493 e. The molecule has 9 heteroatoms. The summed E-state index contributed by atoms with van der Waals surface area (Å²) in [6.07, 6.45) is 2.36. The number of carbonyl (C=O) groups excluding carboxylic acids is 1. The number of aryl methyl sites for hydroxylation is 2. The van der Waals surface area contributed by atoms with E-state index in [1.54, 1.807) is 10.9 Å². The number of aromatic nitrogens is 4. The van der Waals surface area contributed by atoms with Crippen molar-refractivity contribution in [1.82, 2.24) is 19.7 Å². The minimum Gasteiger partial charge on any atom is -0.493 e. The average molecular weight is 672 g/mol. The van der Waals surface area contributed by atoms with E-state index in [-0.39, 0.29) is 18.0 Å². The van der Waals surface area contributed by atoms with Crippen molar-refractivity contribution in [3.8, 4) is 11.4 Å². The maximum absolute atomic E-state index is 13.3. The number of hydrogen-bond acceptors (Lipinski definition) is 6. The summed E-state index contributed by atoms with van der Waals surface area (Å²) in [5, 5.41) is 14.1. The number of carbonyl (C=O) groups is 1. The molecule has 0 spiro atoms. The number of anilines is 3. The van der Waals surface area contributed by atoms with Crippen LogP contribution in [0.1, 0.15) is 74.7 Å². The summed E-state index contributed by atoms with van der Waals surface area (Å²) in [5.41, 5.74) is 6.46. The molecule has 0 bridgehead atoms. The lowest BCUT2D eigenvalue weighted by Gasteiger charge is -2.14. The van der Waals surface area contributed by atoms with Gasteiger partial charge in [0.25, 0.3) is 0 Å². The molecule has 9 nitrogen and oxygen atoms in total. The van der Waals surface area contributed by atoms with Gasteiger partial charge in [-0.05, 0) is 74.2 Å². The van der Waals surface area contributed by atoms with E-state index in [2.05, 4.69) is 58.8 Å². The van der Waals surface area contributed by atoms with Crippen molar-refractivity contribution in [1.29, 1.82) is 0 Å². The second-order valence-corrected chi connectivity index (χ2v) is 11.9. The monoisotopic (exact) mass is 671 g/mol. The molecule has 0 radical (unpaired) electrons. The Hall–Kier alpha value is -5.70. The summed E-state index contributed by atoms with van der Waals surface area (Å²) in [4.78, 5) is 22.4. The van der Waals surface area contributed by atoms with E-state index in [9.17, 15) is 4.79 Å². The standard InChI is InChI=1S/C39H43N7O2.C2H6/c1-27(2)36-26-37(46(45-36)33-18-16-28(3)17-19-33)44-39(47)43-35-21-20-34(15-11-6-8-12-29(35)4)48-25-23-32-22-24-40-38(42-32)41-30(5)31-13-9-7-10-14-31;1-2/h6-22,24,26-27,30H,23,25H2,1-5H3,(H,40,41,42)(H2,43,44,47);1-2H3. The van der Waals surface area contributed by atoms with Gasteiger partial charge in [-0.1, -0.05) is 100.0 Å². The highest BCUT2D eigenvalue weighted by molar-refractivity contribution is 5.99. The van der Waals surface area contributed by atoms with E-state index in [4.69, 9.17) is 9.84 Å². The average Bonchev–Trinajstić information content (AvgIpc) is 3.55. The van der Waals surface area contributed by atoms with Crippen molar-refractivity contribution in [2.24, 2.45) is 0 Å². The topological polar surface area (TPSA) is 106 Å². The Morgan fingerprint density at radius 3 is 2.24 bits per heavy atom. The molecule has 1 unspecified atom stereocenters. The van der Waals surface area contributed by atoms with E-state index in [0.29, 0.717) is 36.2 Å². The predicted molar refractivity (Wildman–Crippen MR) is 205 cm³/mol. The first kappa shape index (κ1) is 37.1. The number of nitrogens with one attached hydrogen (secondary N) is 3. The number of amides is 2. The SMILES string of the molecule is CC.Cc1ccc(-n2nc(C(C)C)cc2NC(=O)Nc2ccc(OCCc3ccnc(NC(C)c4ccccc4)n3)cccccc2C)cc1. The minimum atomic E-state index is -0.375. The van der Waals surface area contributed by atoms with Gasteiger partial charge in [-0.3, -0.25) is 5.32 Å². The van der Waals surface area contributed by atoms with Gasteiger partial charge in [0.2, 0.25) is 5.95 Å². The second-order valence-electron chi connectivity index (χ2n) is 11.9. The first-order valence-corrected chi connectivity index (χ1v) is 17.2. The van der Waals surface area contributed by atoms with Crippen molar-refractivity contribution in [3.05, 3.63) is 143 Å². The molecular weight excluding hydrogens is 622 g/mol. The van der Waals surface area contributed by atoms with E-state index >= 15 is 0 Å². The Morgan fingerprint density at radius 1 is 0.820 bits per heavy atom. The van der Waals surface area contributed by atoms with Gasteiger partial charge < -0.3 is 15.4 Å². The minimum absolute atomic E-state index is 0.0750. The van der Waals surface area contributed by atoms with Crippen molar-refractivity contribution < 1.29 is 9.53 Å². The van der Waals surface area contributed by atoms with Crippen molar-refractivity contribution in [2.75, 3.05) is 22.6 Å². The van der Waals surface area contributed by atoms with Gasteiger partial charge >= 0.3 is 6.03 Å². The molecule has 2 amide bonds. The molecule has 0 saturated carbocycles. The molecule has 0 aliphatic rings. The molecule has 0 fully saturated rings. The van der Waals surface area contributed by atoms with E-state index in [0.717, 1.165) is 33.8 Å². The molecule has 260 valence electrons. The van der Waals surface area contributed by atoms with Crippen LogP contribution in [0.25, 0.3) is 5.69 Å². The molecule has 0 saturated heterocycles. The van der Waals surface area contributed by atoms with E-state index in [1.165, 1.54) is 0 Å². The first-order chi connectivity index (χ1) is 24.2. The zero-order chi connectivity index (χ0) is 35.9. The number of urea groups is 1. The molecule has 5 rings (SSSR count). The maximum Gasteiger partial charge on any atom is 0.324 e. The molecule has 2 aromatic heterocycles. The number of benzene rings is 2. The zero-order valence-corrected chi connectivity index (χ0v) is 30.1. The molecule has 2 heterocycles. The van der Waals surface area contributed by atoms with Crippen LogP contribution in [0.2, 0.25) is 0 Å².